The van der Waals surface area contributed by atoms with Crippen molar-refractivity contribution in [1.29, 1.82) is 0 Å². The number of allylic oxidation sites excluding steroid dienone is 1. The first kappa shape index (κ1) is 36.0. The maximum absolute atomic E-state index is 13.2. The van der Waals surface area contributed by atoms with Gasteiger partial charge in [0.15, 0.2) is 5.78 Å². The quantitative estimate of drug-likeness (QED) is 0.0671. The highest BCUT2D eigenvalue weighted by atomic mass is 19.2. The molecule has 5 rings (SSSR count). The molecule has 0 saturated heterocycles. The summed E-state index contributed by atoms with van der Waals surface area (Å²) >= 11 is 0. The van der Waals surface area contributed by atoms with Crippen LogP contribution in [0.25, 0.3) is 16.9 Å². The zero-order valence-corrected chi connectivity index (χ0v) is 29.1. The maximum atomic E-state index is 13.2. The Morgan fingerprint density at radius 1 is 0.580 bits per heavy atom. The first-order chi connectivity index (χ1) is 23.6. The fourth-order valence-corrected chi connectivity index (χ4v) is 5.69. The third-order valence-corrected chi connectivity index (χ3v) is 8.65. The molecule has 5 aromatic rings. The van der Waals surface area contributed by atoms with E-state index in [1.54, 1.807) is 12.1 Å². The zero-order valence-electron chi connectivity index (χ0n) is 29.1. The summed E-state index contributed by atoms with van der Waals surface area (Å²) in [5, 5.41) is 9.13. The second-order valence-electron chi connectivity index (χ2n) is 14.3. The molecule has 5 aromatic carbocycles. The van der Waals surface area contributed by atoms with Crippen LogP contribution in [0.2, 0.25) is 0 Å². The average molecular weight is 673 g/mol. The van der Waals surface area contributed by atoms with E-state index in [0.717, 1.165) is 39.2 Å². The van der Waals surface area contributed by atoms with Crippen molar-refractivity contribution in [1.82, 2.24) is 0 Å². The molecule has 0 aliphatic carbocycles. The van der Waals surface area contributed by atoms with E-state index in [1.165, 1.54) is 35.4 Å². The van der Waals surface area contributed by atoms with Gasteiger partial charge in [-0.2, -0.15) is 0 Å². The molecule has 0 amide bonds. The molecule has 0 atom stereocenters. The van der Waals surface area contributed by atoms with Crippen molar-refractivity contribution in [2.45, 2.75) is 52.4 Å². The van der Waals surface area contributed by atoms with E-state index in [0.29, 0.717) is 0 Å². The number of aromatic carboxylic acids is 1. The second kappa shape index (κ2) is 14.6. The summed E-state index contributed by atoms with van der Waals surface area (Å²) in [5.41, 5.74) is 8.21. The Morgan fingerprint density at radius 3 is 1.32 bits per heavy atom. The lowest BCUT2D eigenvalue weighted by Gasteiger charge is -2.23. The highest BCUT2D eigenvalue weighted by Gasteiger charge is 2.24. The van der Waals surface area contributed by atoms with Crippen molar-refractivity contribution in [2.75, 3.05) is 0 Å². The number of benzene rings is 5. The topological polar surface area (TPSA) is 68.0 Å². The van der Waals surface area contributed by atoms with E-state index in [2.05, 4.69) is 119 Å². The molecule has 0 unspecified atom stereocenters. The molecule has 0 heterocycles. The van der Waals surface area contributed by atoms with Crippen LogP contribution in [0.5, 0.6) is 0 Å². The van der Waals surface area contributed by atoms with E-state index >= 15 is 0 Å². The van der Waals surface area contributed by atoms with Crippen molar-refractivity contribution in [3.05, 3.63) is 155 Å². The number of nitrogens with one attached hydrogen (secondary N) is 1. The summed E-state index contributed by atoms with van der Waals surface area (Å²) < 4.78 is 31.0. The molecule has 0 saturated carbocycles. The lowest BCUT2D eigenvalue weighted by molar-refractivity contribution is -0.681. The molecule has 50 heavy (non-hydrogen) atoms. The minimum absolute atomic E-state index is 0.0151. The number of carbonyl (C=O) groups excluding carboxylic acids is 1. The highest BCUT2D eigenvalue weighted by molar-refractivity contribution is 6.36. The number of rotatable bonds is 10. The van der Waals surface area contributed by atoms with Gasteiger partial charge in [-0.3, -0.25) is 4.79 Å². The van der Waals surface area contributed by atoms with Gasteiger partial charge in [0, 0.05) is 53.6 Å². The summed E-state index contributed by atoms with van der Waals surface area (Å²) in [7, 11) is -3.16. The van der Waals surface area contributed by atoms with Gasteiger partial charge in [-0.25, -0.2) is 18.3 Å². The zero-order chi connectivity index (χ0) is 36.2. The van der Waals surface area contributed by atoms with Gasteiger partial charge in [0.25, 0.3) is 0 Å². The SMILES string of the molecule is CC(C)(C)c1ccc([NH+](c2ccc(-c3ccc(C(=O)/C=C(\OB(F)F)c4ccc(C(=O)O)cc4)cc3)cc2)c2ccc(C(C)(C)C)cc2)cc1. The van der Waals surface area contributed by atoms with Gasteiger partial charge < -0.3 is 9.76 Å². The van der Waals surface area contributed by atoms with Crippen LogP contribution in [0.15, 0.2) is 127 Å². The Balaban J connectivity index is 1.41. The molecule has 0 aromatic heterocycles. The van der Waals surface area contributed by atoms with Gasteiger partial charge in [-0.15, -0.1) is 0 Å². The molecule has 0 aliphatic rings. The number of carbonyl (C=O) groups is 2. The third-order valence-electron chi connectivity index (χ3n) is 8.65. The summed E-state index contributed by atoms with van der Waals surface area (Å²) in [4.78, 5) is 25.4. The van der Waals surface area contributed by atoms with Crippen molar-refractivity contribution < 1.29 is 32.9 Å². The molecule has 0 radical (unpaired) electrons. The van der Waals surface area contributed by atoms with Gasteiger partial charge in [-0.1, -0.05) is 102 Å². The fraction of sp³-hybridized carbons (Fsp3) is 0.190. The maximum Gasteiger partial charge on any atom is 0.796 e. The van der Waals surface area contributed by atoms with Crippen LogP contribution in [0.4, 0.5) is 25.7 Å². The largest absolute Gasteiger partial charge is 0.796 e. The van der Waals surface area contributed by atoms with E-state index in [4.69, 9.17) is 5.11 Å². The number of carboxylic acids is 1. The van der Waals surface area contributed by atoms with Gasteiger partial charge in [0.05, 0.1) is 5.56 Å². The summed E-state index contributed by atoms with van der Waals surface area (Å²) in [6.07, 6.45) is 0.991. The molecule has 0 aliphatic heterocycles. The monoisotopic (exact) mass is 672 g/mol. The third kappa shape index (κ3) is 8.63. The molecule has 254 valence electrons. The number of hydrogen-bond acceptors (Lipinski definition) is 3. The smallest absolute Gasteiger partial charge is 0.505 e. The van der Waals surface area contributed by atoms with Crippen molar-refractivity contribution in [3.8, 4) is 11.1 Å². The lowest BCUT2D eigenvalue weighted by atomic mass is 9.86. The molecular weight excluding hydrogens is 631 g/mol. The Labute approximate surface area is 293 Å². The molecular formula is C42H41BF2NO4+. The normalized spacial score (nSPS) is 12.1. The van der Waals surface area contributed by atoms with Gasteiger partial charge in [0.1, 0.15) is 22.8 Å². The van der Waals surface area contributed by atoms with Crippen molar-refractivity contribution >= 4 is 42.0 Å². The Bertz CT molecular complexity index is 1920. The highest BCUT2D eigenvalue weighted by Crippen LogP contribution is 2.28. The first-order valence-electron chi connectivity index (χ1n) is 16.4. The lowest BCUT2D eigenvalue weighted by Crippen LogP contribution is -2.96. The minimum atomic E-state index is -3.16. The molecule has 5 nitrogen and oxygen atoms in total. The van der Waals surface area contributed by atoms with Gasteiger partial charge >= 0.3 is 13.4 Å². The summed E-state index contributed by atoms with van der Waals surface area (Å²) in [5.74, 6) is -2.04. The molecule has 2 N–H and O–H groups in total. The number of ketones is 1. The van der Waals surface area contributed by atoms with Gasteiger partial charge in [0.2, 0.25) is 0 Å². The molecule has 0 fully saturated rings. The first-order valence-corrected chi connectivity index (χ1v) is 16.4. The number of carboxylic acid groups (broad SMARTS) is 1. The Hall–Kier alpha value is -5.34. The van der Waals surface area contributed by atoms with Crippen LogP contribution in [-0.2, 0) is 15.5 Å². The van der Waals surface area contributed by atoms with Crippen LogP contribution < -0.4 is 4.90 Å². The number of quaternary nitrogens is 1. The fourth-order valence-electron chi connectivity index (χ4n) is 5.69. The van der Waals surface area contributed by atoms with Crippen LogP contribution in [0, 0.1) is 0 Å². The molecule has 0 spiro atoms. The standard InChI is InChI=1S/C42H40BF2NO4/c1-41(2,3)33-17-23-36(24-18-33)46(37-25-19-34(20-26-37)42(4,5)6)35-21-15-29(16-22-35)28-7-9-30(10-8-28)38(47)27-39(50-43(44)45)31-11-13-32(14-12-31)40(48)49/h7-27H,1-6H3,(H,48,49)/p+1/b39-27-. The van der Waals surface area contributed by atoms with Crippen LogP contribution in [-0.4, -0.2) is 24.3 Å². The molecule has 0 bridgehead atoms. The van der Waals surface area contributed by atoms with E-state index in [1.807, 2.05) is 12.1 Å². The van der Waals surface area contributed by atoms with Crippen LogP contribution >= 0.6 is 0 Å². The van der Waals surface area contributed by atoms with E-state index < -0.39 is 19.2 Å². The minimum Gasteiger partial charge on any atom is -0.505 e. The second-order valence-corrected chi connectivity index (χ2v) is 14.3. The van der Waals surface area contributed by atoms with Gasteiger partial charge in [-0.05, 0) is 57.3 Å². The summed E-state index contributed by atoms with van der Waals surface area (Å²) in [6, 6.07) is 37.9. The number of hydrogen-bond donors (Lipinski definition) is 2. The Morgan fingerprint density at radius 2 is 0.940 bits per heavy atom. The Kier molecular flexibility index (Phi) is 10.5. The van der Waals surface area contributed by atoms with Crippen LogP contribution in [0.3, 0.4) is 0 Å². The number of halogens is 2. The average Bonchev–Trinajstić information content (AvgIpc) is 3.08. The summed E-state index contributed by atoms with van der Waals surface area (Å²) in [6.45, 7) is 13.2. The van der Waals surface area contributed by atoms with E-state index in [9.17, 15) is 18.2 Å². The molecule has 8 heteroatoms. The van der Waals surface area contributed by atoms with E-state index in [-0.39, 0.29) is 33.3 Å². The van der Waals surface area contributed by atoms with Crippen molar-refractivity contribution in [2.24, 2.45) is 0 Å². The predicted molar refractivity (Wildman–Crippen MR) is 197 cm³/mol. The predicted octanol–water partition coefficient (Wildman–Crippen LogP) is 9.99. The van der Waals surface area contributed by atoms with Crippen LogP contribution in [0.1, 0.15) is 78.9 Å². The van der Waals surface area contributed by atoms with Crippen molar-refractivity contribution in [3.63, 3.8) is 0 Å².